The monoisotopic (exact) mass is 181 g/mol. The van der Waals surface area contributed by atoms with E-state index >= 15 is 0 Å². The first-order chi connectivity index (χ1) is 6.35. The van der Waals surface area contributed by atoms with Crippen molar-refractivity contribution in [2.24, 2.45) is 0 Å². The minimum absolute atomic E-state index is 0.680. The van der Waals surface area contributed by atoms with E-state index in [-0.39, 0.29) is 0 Å². The molecule has 1 heteroatoms. The van der Waals surface area contributed by atoms with Crippen molar-refractivity contribution < 1.29 is 0 Å². The van der Waals surface area contributed by atoms with Crippen LogP contribution < -0.4 is 5.32 Å². The second-order valence-electron chi connectivity index (χ2n) is 3.58. The predicted molar refractivity (Wildman–Crippen MR) is 59.7 cm³/mol. The molecule has 0 heterocycles. The number of nitrogens with one attached hydrogen (secondary N) is 1. The Bertz CT molecular complexity index is 135. The lowest BCUT2D eigenvalue weighted by Crippen LogP contribution is -2.24. The lowest BCUT2D eigenvalue weighted by molar-refractivity contribution is 0.455. The van der Waals surface area contributed by atoms with Gasteiger partial charge >= 0.3 is 0 Å². The third kappa shape index (κ3) is 7.87. The molecule has 0 spiro atoms. The summed E-state index contributed by atoms with van der Waals surface area (Å²) in [5, 5.41) is 3.35. The Kier molecular flexibility index (Phi) is 9.25. The highest BCUT2D eigenvalue weighted by atomic mass is 14.9. The van der Waals surface area contributed by atoms with E-state index in [2.05, 4.69) is 18.2 Å². The summed E-state index contributed by atoms with van der Waals surface area (Å²) in [6.45, 7) is 2.24. The Morgan fingerprint density at radius 1 is 1.23 bits per heavy atom. The highest BCUT2D eigenvalue weighted by Crippen LogP contribution is 2.08. The molecule has 0 radical (unpaired) electrons. The second-order valence-corrected chi connectivity index (χ2v) is 3.58. The summed E-state index contributed by atoms with van der Waals surface area (Å²) < 4.78 is 0. The first-order valence-electron chi connectivity index (χ1n) is 5.45. The molecule has 1 N–H and O–H groups in total. The van der Waals surface area contributed by atoms with E-state index in [1.165, 1.54) is 32.1 Å². The zero-order chi connectivity index (χ0) is 9.94. The Balaban J connectivity index is 3.35. The third-order valence-electron chi connectivity index (χ3n) is 2.44. The molecule has 0 fully saturated rings. The van der Waals surface area contributed by atoms with Crippen LogP contribution in [0.15, 0.2) is 0 Å². The van der Waals surface area contributed by atoms with Crippen molar-refractivity contribution in [1.29, 1.82) is 0 Å². The molecule has 0 aromatic carbocycles. The van der Waals surface area contributed by atoms with Crippen molar-refractivity contribution in [2.45, 2.75) is 57.9 Å². The fraction of sp³-hybridized carbons (Fsp3) is 0.833. The molecule has 0 aliphatic heterocycles. The molecule has 0 aromatic rings. The van der Waals surface area contributed by atoms with Crippen molar-refractivity contribution >= 4 is 0 Å². The topological polar surface area (TPSA) is 12.0 Å². The van der Waals surface area contributed by atoms with Crippen LogP contribution in [0.5, 0.6) is 0 Å². The molecular weight excluding hydrogens is 158 g/mol. The summed E-state index contributed by atoms with van der Waals surface area (Å²) in [5.74, 6) is 2.69. The number of hydrogen-bond acceptors (Lipinski definition) is 1. The molecule has 76 valence electrons. The summed E-state index contributed by atoms with van der Waals surface area (Å²) in [7, 11) is 2.05. The van der Waals surface area contributed by atoms with Gasteiger partial charge in [-0.1, -0.05) is 26.2 Å². The van der Waals surface area contributed by atoms with Crippen molar-refractivity contribution in [3.05, 3.63) is 0 Å². The van der Waals surface area contributed by atoms with Crippen molar-refractivity contribution in [2.75, 3.05) is 7.05 Å². The van der Waals surface area contributed by atoms with Gasteiger partial charge in [0.2, 0.25) is 0 Å². The van der Waals surface area contributed by atoms with E-state index < -0.39 is 0 Å². The van der Waals surface area contributed by atoms with Gasteiger partial charge in [0.15, 0.2) is 0 Å². The number of hydrogen-bond donors (Lipinski definition) is 1. The van der Waals surface area contributed by atoms with E-state index in [0.29, 0.717) is 6.04 Å². The van der Waals surface area contributed by atoms with Crippen LogP contribution >= 0.6 is 0 Å². The molecule has 1 atom stereocenters. The van der Waals surface area contributed by atoms with Crippen LogP contribution in [0, 0.1) is 12.3 Å². The van der Waals surface area contributed by atoms with Gasteiger partial charge in [-0.25, -0.2) is 0 Å². The zero-order valence-corrected chi connectivity index (χ0v) is 9.10. The Hall–Kier alpha value is -0.480. The maximum absolute atomic E-state index is 5.21. The summed E-state index contributed by atoms with van der Waals surface area (Å²) in [5.41, 5.74) is 0. The van der Waals surface area contributed by atoms with Crippen LogP contribution in [-0.2, 0) is 0 Å². The van der Waals surface area contributed by atoms with Crippen LogP contribution in [0.1, 0.15) is 51.9 Å². The molecule has 0 bridgehead atoms. The van der Waals surface area contributed by atoms with Crippen LogP contribution in [0.4, 0.5) is 0 Å². The largest absolute Gasteiger partial charge is 0.317 e. The fourth-order valence-electron chi connectivity index (χ4n) is 1.52. The number of unbranched alkanes of at least 4 members (excludes halogenated alkanes) is 3. The molecule has 1 nitrogen and oxygen atoms in total. The summed E-state index contributed by atoms with van der Waals surface area (Å²) >= 11 is 0. The van der Waals surface area contributed by atoms with E-state index in [9.17, 15) is 0 Å². The summed E-state index contributed by atoms with van der Waals surface area (Å²) in [4.78, 5) is 0. The molecule has 0 aliphatic rings. The molecular formula is C12H23N. The van der Waals surface area contributed by atoms with Gasteiger partial charge in [-0.05, 0) is 26.3 Å². The molecule has 0 saturated carbocycles. The molecule has 13 heavy (non-hydrogen) atoms. The average molecular weight is 181 g/mol. The van der Waals surface area contributed by atoms with Crippen LogP contribution in [0.25, 0.3) is 0 Å². The number of terminal acetylenes is 1. The Morgan fingerprint density at radius 3 is 2.46 bits per heavy atom. The predicted octanol–water partition coefficient (Wildman–Crippen LogP) is 2.96. The van der Waals surface area contributed by atoms with E-state index in [1.54, 1.807) is 0 Å². The maximum Gasteiger partial charge on any atom is 0.00866 e. The standard InChI is InChI=1S/C12H23N/c1-4-6-8-10-12(13-3)11-9-7-5-2/h1,12-13H,5-11H2,2-3H3. The van der Waals surface area contributed by atoms with Gasteiger partial charge in [-0.15, -0.1) is 12.3 Å². The van der Waals surface area contributed by atoms with Gasteiger partial charge in [-0.3, -0.25) is 0 Å². The maximum atomic E-state index is 5.21. The van der Waals surface area contributed by atoms with Crippen molar-refractivity contribution in [3.8, 4) is 12.3 Å². The normalized spacial score (nSPS) is 12.4. The zero-order valence-electron chi connectivity index (χ0n) is 9.10. The lowest BCUT2D eigenvalue weighted by atomic mass is 10.0. The molecule has 0 rings (SSSR count). The quantitative estimate of drug-likeness (QED) is 0.448. The van der Waals surface area contributed by atoms with Crippen LogP contribution in [0.2, 0.25) is 0 Å². The fourth-order valence-corrected chi connectivity index (χ4v) is 1.52. The highest BCUT2D eigenvalue weighted by molar-refractivity contribution is 4.83. The van der Waals surface area contributed by atoms with E-state index in [4.69, 9.17) is 6.42 Å². The molecule has 0 saturated heterocycles. The first-order valence-corrected chi connectivity index (χ1v) is 5.45. The Morgan fingerprint density at radius 2 is 1.92 bits per heavy atom. The first kappa shape index (κ1) is 12.5. The van der Waals surface area contributed by atoms with Gasteiger partial charge in [0, 0.05) is 12.5 Å². The van der Waals surface area contributed by atoms with E-state index in [1.807, 2.05) is 7.05 Å². The Labute approximate surface area is 83.3 Å². The minimum Gasteiger partial charge on any atom is -0.317 e. The van der Waals surface area contributed by atoms with Gasteiger partial charge in [0.25, 0.3) is 0 Å². The minimum atomic E-state index is 0.680. The van der Waals surface area contributed by atoms with Crippen LogP contribution in [-0.4, -0.2) is 13.1 Å². The van der Waals surface area contributed by atoms with Gasteiger partial charge < -0.3 is 5.32 Å². The summed E-state index contributed by atoms with van der Waals surface area (Å²) in [6.07, 6.45) is 13.8. The van der Waals surface area contributed by atoms with Gasteiger partial charge in [0.1, 0.15) is 0 Å². The smallest absolute Gasteiger partial charge is 0.00866 e. The molecule has 1 unspecified atom stereocenters. The SMILES string of the molecule is C#CCCCC(CCCCC)NC. The van der Waals surface area contributed by atoms with Gasteiger partial charge in [0.05, 0.1) is 0 Å². The lowest BCUT2D eigenvalue weighted by Gasteiger charge is -2.14. The third-order valence-corrected chi connectivity index (χ3v) is 2.44. The van der Waals surface area contributed by atoms with Crippen molar-refractivity contribution in [1.82, 2.24) is 5.32 Å². The molecule has 0 amide bonds. The van der Waals surface area contributed by atoms with Crippen molar-refractivity contribution in [3.63, 3.8) is 0 Å². The average Bonchev–Trinajstić information content (AvgIpc) is 2.16. The number of rotatable bonds is 8. The highest BCUT2D eigenvalue weighted by Gasteiger charge is 2.03. The van der Waals surface area contributed by atoms with E-state index in [0.717, 1.165) is 12.8 Å². The molecule has 0 aromatic heterocycles. The van der Waals surface area contributed by atoms with Gasteiger partial charge in [-0.2, -0.15) is 0 Å². The second kappa shape index (κ2) is 9.61. The summed E-state index contributed by atoms with van der Waals surface area (Å²) in [6, 6.07) is 0.680. The molecule has 0 aliphatic carbocycles. The van der Waals surface area contributed by atoms with Crippen LogP contribution in [0.3, 0.4) is 0 Å².